The Kier molecular flexibility index (Phi) is 3.05. The molecule has 1 aliphatic rings. The van der Waals surface area contributed by atoms with Crippen molar-refractivity contribution in [2.45, 2.75) is 6.67 Å². The molecule has 1 radical (unpaired) electrons. The maximum Gasteiger partial charge on any atom is 0.225 e. The molecule has 5 heteroatoms. The molecule has 0 aliphatic carbocycles. The Morgan fingerprint density at radius 3 is 2.69 bits per heavy atom. The summed E-state index contributed by atoms with van der Waals surface area (Å²) < 4.78 is 2.04. The van der Waals surface area contributed by atoms with Gasteiger partial charge in [-0.1, -0.05) is 5.16 Å². The number of rotatable bonds is 3. The van der Waals surface area contributed by atoms with E-state index < -0.39 is 0 Å². The minimum absolute atomic E-state index is 0.761. The third kappa shape index (κ3) is 2.50. The first-order valence-corrected chi connectivity index (χ1v) is 4.95. The van der Waals surface area contributed by atoms with E-state index >= 15 is 0 Å². The first kappa shape index (κ1) is 10.5. The second-order valence-electron chi connectivity index (χ2n) is 3.62. The van der Waals surface area contributed by atoms with Crippen LogP contribution in [-0.2, 0) is 6.67 Å². The van der Waals surface area contributed by atoms with Gasteiger partial charge < -0.3 is 10.1 Å². The van der Waals surface area contributed by atoms with Crippen molar-refractivity contribution in [3.8, 4) is 0 Å². The minimum atomic E-state index is 0.761. The predicted octanol–water partition coefficient (Wildman–Crippen LogP) is 0.578. The first-order valence-electron chi connectivity index (χ1n) is 4.95. The van der Waals surface area contributed by atoms with Crippen LogP contribution in [0.25, 0.3) is 0 Å². The normalized spacial score (nSPS) is 15.3. The van der Waals surface area contributed by atoms with Gasteiger partial charge in [-0.2, -0.15) is 4.57 Å². The van der Waals surface area contributed by atoms with E-state index in [0.717, 1.165) is 12.2 Å². The lowest BCUT2D eigenvalue weighted by atomic mass is 10.3. The summed E-state index contributed by atoms with van der Waals surface area (Å²) >= 11 is 0. The van der Waals surface area contributed by atoms with Crippen LogP contribution in [0.5, 0.6) is 0 Å². The minimum Gasteiger partial charge on any atom is -0.411 e. The summed E-state index contributed by atoms with van der Waals surface area (Å²) in [5.74, 6) is 0. The van der Waals surface area contributed by atoms with Gasteiger partial charge in [-0.25, -0.2) is 0 Å². The van der Waals surface area contributed by atoms with Gasteiger partial charge in [0.2, 0.25) is 6.67 Å². The quantitative estimate of drug-likeness (QED) is 0.349. The summed E-state index contributed by atoms with van der Waals surface area (Å²) in [7, 11) is 1.99. The van der Waals surface area contributed by atoms with E-state index in [4.69, 9.17) is 5.21 Å². The summed E-state index contributed by atoms with van der Waals surface area (Å²) in [6.45, 7) is 2.77. The molecule has 1 aromatic heterocycles. The smallest absolute Gasteiger partial charge is 0.225 e. The van der Waals surface area contributed by atoms with Crippen LogP contribution in [0.4, 0.5) is 0 Å². The monoisotopic (exact) mass is 218 g/mol. The summed E-state index contributed by atoms with van der Waals surface area (Å²) in [4.78, 5) is 4.06. The van der Waals surface area contributed by atoms with Gasteiger partial charge in [0, 0.05) is 37.1 Å². The molecule has 0 atom stereocenters. The standard InChI is InChI=1S/C11H13N4O/c1-13-6-7-15(9-13)10-14-4-2-11(3-5-14)8-12-16/h2-9H,10H2,1H3/p+1. The summed E-state index contributed by atoms with van der Waals surface area (Å²) in [6, 6.07) is 3.78. The Bertz CT molecular complexity index is 399. The highest BCUT2D eigenvalue weighted by molar-refractivity contribution is 5.78. The van der Waals surface area contributed by atoms with Crippen molar-refractivity contribution in [3.63, 3.8) is 0 Å². The van der Waals surface area contributed by atoms with Crippen LogP contribution in [0.3, 0.4) is 0 Å². The van der Waals surface area contributed by atoms with Crippen LogP contribution < -0.4 is 4.57 Å². The number of hydrogen-bond acceptors (Lipinski definition) is 4. The average molecular weight is 218 g/mol. The molecule has 0 fully saturated rings. The topological polar surface area (TPSA) is 43.0 Å². The van der Waals surface area contributed by atoms with Gasteiger partial charge in [-0.3, -0.25) is 4.90 Å². The molecule has 1 aliphatic heterocycles. The average Bonchev–Trinajstić information content (AvgIpc) is 2.67. The molecule has 1 N–H and O–H groups in total. The molecular formula is C11H14N4O+. The molecule has 16 heavy (non-hydrogen) atoms. The first-order chi connectivity index (χ1) is 7.78. The molecule has 0 saturated heterocycles. The highest BCUT2D eigenvalue weighted by Crippen LogP contribution is 2.07. The van der Waals surface area contributed by atoms with Gasteiger partial charge in [-0.15, -0.1) is 0 Å². The van der Waals surface area contributed by atoms with Crippen molar-refractivity contribution in [3.05, 3.63) is 49.2 Å². The van der Waals surface area contributed by atoms with Gasteiger partial charge >= 0.3 is 0 Å². The molecule has 2 heterocycles. The molecule has 0 amide bonds. The SMILES string of the molecule is CN1[CH]N(C[n+]2ccc(C=NO)cc2)C=C1. The zero-order valence-corrected chi connectivity index (χ0v) is 9.06. The van der Waals surface area contributed by atoms with Crippen LogP contribution in [0.15, 0.2) is 42.1 Å². The van der Waals surface area contributed by atoms with Crippen LogP contribution in [0.1, 0.15) is 5.56 Å². The highest BCUT2D eigenvalue weighted by Gasteiger charge is 2.12. The molecule has 0 bridgehead atoms. The molecule has 0 aromatic carbocycles. The van der Waals surface area contributed by atoms with Gasteiger partial charge in [0.15, 0.2) is 12.4 Å². The lowest BCUT2D eigenvalue weighted by Crippen LogP contribution is -2.40. The van der Waals surface area contributed by atoms with E-state index in [1.54, 1.807) is 0 Å². The fraction of sp³-hybridized carbons (Fsp3) is 0.182. The summed E-state index contributed by atoms with van der Waals surface area (Å²) in [5, 5.41) is 11.4. The number of oxime groups is 1. The molecule has 2 rings (SSSR count). The fourth-order valence-electron chi connectivity index (χ4n) is 1.49. The zero-order valence-electron chi connectivity index (χ0n) is 9.06. The van der Waals surface area contributed by atoms with E-state index in [1.807, 2.05) is 60.1 Å². The van der Waals surface area contributed by atoms with E-state index in [1.165, 1.54) is 6.21 Å². The van der Waals surface area contributed by atoms with E-state index in [2.05, 4.69) is 10.1 Å². The maximum absolute atomic E-state index is 8.38. The second-order valence-corrected chi connectivity index (χ2v) is 3.62. The Hall–Kier alpha value is -2.04. The molecule has 0 spiro atoms. The van der Waals surface area contributed by atoms with Crippen molar-refractivity contribution < 1.29 is 9.77 Å². The van der Waals surface area contributed by atoms with Gasteiger partial charge in [-0.05, 0) is 0 Å². The molecule has 1 aromatic rings. The number of hydrogen-bond donors (Lipinski definition) is 1. The lowest BCUT2D eigenvalue weighted by molar-refractivity contribution is -0.712. The molecule has 0 saturated carbocycles. The van der Waals surface area contributed by atoms with Crippen molar-refractivity contribution in [1.82, 2.24) is 9.80 Å². The van der Waals surface area contributed by atoms with E-state index in [0.29, 0.717) is 0 Å². The predicted molar refractivity (Wildman–Crippen MR) is 59.1 cm³/mol. The van der Waals surface area contributed by atoms with Gasteiger partial charge in [0.05, 0.1) is 6.21 Å². The Labute approximate surface area is 94.5 Å². The summed E-state index contributed by atoms with van der Waals surface area (Å²) in [6.07, 6.45) is 9.29. The fourth-order valence-corrected chi connectivity index (χ4v) is 1.49. The largest absolute Gasteiger partial charge is 0.411 e. The van der Waals surface area contributed by atoms with Crippen molar-refractivity contribution in [2.24, 2.45) is 5.16 Å². The summed E-state index contributed by atoms with van der Waals surface area (Å²) in [5.41, 5.74) is 0.872. The van der Waals surface area contributed by atoms with Crippen LogP contribution in [0, 0.1) is 6.67 Å². The van der Waals surface area contributed by atoms with Crippen LogP contribution in [0.2, 0.25) is 0 Å². The van der Waals surface area contributed by atoms with Crippen molar-refractivity contribution >= 4 is 6.21 Å². The molecule has 83 valence electrons. The third-order valence-electron chi connectivity index (χ3n) is 2.27. The van der Waals surface area contributed by atoms with E-state index in [-0.39, 0.29) is 0 Å². The van der Waals surface area contributed by atoms with E-state index in [9.17, 15) is 0 Å². The second kappa shape index (κ2) is 4.65. The molecule has 5 nitrogen and oxygen atoms in total. The van der Waals surface area contributed by atoms with Gasteiger partial charge in [0.25, 0.3) is 0 Å². The Morgan fingerprint density at radius 1 is 1.38 bits per heavy atom. The number of aromatic nitrogens is 1. The van der Waals surface area contributed by atoms with Crippen LogP contribution >= 0.6 is 0 Å². The zero-order chi connectivity index (χ0) is 11.4. The molecular weight excluding hydrogens is 204 g/mol. The van der Waals surface area contributed by atoms with Gasteiger partial charge in [0.1, 0.15) is 6.67 Å². The number of pyridine rings is 1. The van der Waals surface area contributed by atoms with Crippen molar-refractivity contribution in [2.75, 3.05) is 7.05 Å². The lowest BCUT2D eigenvalue weighted by Gasteiger charge is -2.13. The molecule has 0 unspecified atom stereocenters. The number of nitrogens with zero attached hydrogens (tertiary/aromatic N) is 4. The highest BCUT2D eigenvalue weighted by atomic mass is 16.4. The Morgan fingerprint density at radius 2 is 2.12 bits per heavy atom. The third-order valence-corrected chi connectivity index (χ3v) is 2.27. The maximum atomic E-state index is 8.38. The Balaban J connectivity index is 1.97. The van der Waals surface area contributed by atoms with Crippen molar-refractivity contribution in [1.29, 1.82) is 0 Å². The van der Waals surface area contributed by atoms with Crippen LogP contribution in [-0.4, -0.2) is 28.3 Å².